The van der Waals surface area contributed by atoms with Crippen molar-refractivity contribution in [3.63, 3.8) is 0 Å². The maximum Gasteiger partial charge on any atom is 0.328 e. The molecule has 0 radical (unpaired) electrons. The van der Waals surface area contributed by atoms with E-state index in [-0.39, 0.29) is 18.9 Å². The number of rotatable bonds is 5. The van der Waals surface area contributed by atoms with Crippen LogP contribution in [-0.4, -0.2) is 35.7 Å². The highest BCUT2D eigenvalue weighted by Crippen LogP contribution is 1.92. The van der Waals surface area contributed by atoms with Gasteiger partial charge in [-0.3, -0.25) is 4.79 Å². The molecule has 14 heavy (non-hydrogen) atoms. The van der Waals surface area contributed by atoms with E-state index in [4.69, 9.17) is 9.84 Å². The number of ether oxygens (including phenoxy) is 1. The lowest BCUT2D eigenvalue weighted by Gasteiger charge is -2.12. The molecule has 2 atom stereocenters. The van der Waals surface area contributed by atoms with Crippen molar-refractivity contribution in [1.29, 1.82) is 0 Å². The topological polar surface area (TPSA) is 75.6 Å². The van der Waals surface area contributed by atoms with E-state index in [0.717, 1.165) is 0 Å². The number of hydrogen-bond acceptors (Lipinski definition) is 4. The Kier molecular flexibility index (Phi) is 5.87. The molecule has 5 nitrogen and oxygen atoms in total. The van der Waals surface area contributed by atoms with Gasteiger partial charge in [0.25, 0.3) is 0 Å². The van der Waals surface area contributed by atoms with Gasteiger partial charge in [-0.2, -0.15) is 0 Å². The Morgan fingerprint density at radius 1 is 1.43 bits per heavy atom. The minimum absolute atomic E-state index is 0.0102. The van der Waals surface area contributed by atoms with Gasteiger partial charge in [0.05, 0.1) is 19.1 Å². The van der Waals surface area contributed by atoms with E-state index >= 15 is 0 Å². The van der Waals surface area contributed by atoms with Crippen LogP contribution >= 0.6 is 0 Å². The van der Waals surface area contributed by atoms with Gasteiger partial charge in [0, 0.05) is 0 Å². The van der Waals surface area contributed by atoms with Gasteiger partial charge in [-0.25, -0.2) is 4.79 Å². The first-order valence-electron chi connectivity index (χ1n) is 4.61. The highest BCUT2D eigenvalue weighted by atomic mass is 16.5. The van der Waals surface area contributed by atoms with E-state index in [1.54, 1.807) is 6.92 Å². The Morgan fingerprint density at radius 3 is 2.43 bits per heavy atom. The lowest BCUT2D eigenvalue weighted by molar-refractivity contribution is -0.147. The highest BCUT2D eigenvalue weighted by molar-refractivity contribution is 5.84. The molecule has 0 spiro atoms. The molecule has 0 bridgehead atoms. The lowest BCUT2D eigenvalue weighted by atomic mass is 10.2. The van der Waals surface area contributed by atoms with Crippen LogP contribution in [0.15, 0.2) is 0 Å². The van der Waals surface area contributed by atoms with E-state index in [1.807, 2.05) is 0 Å². The molecule has 0 unspecified atom stereocenters. The number of carbonyl (C=O) groups is 2. The fourth-order valence-corrected chi connectivity index (χ4v) is 0.895. The zero-order chi connectivity index (χ0) is 11.1. The molecule has 0 rings (SSSR count). The first-order chi connectivity index (χ1) is 6.47. The summed E-state index contributed by atoms with van der Waals surface area (Å²) < 4.78 is 4.69. The largest absolute Gasteiger partial charge is 0.464 e. The number of aliphatic hydroxyl groups is 1. The number of hydrogen-bond donors (Lipinski definition) is 2. The summed E-state index contributed by atoms with van der Waals surface area (Å²) in [6, 6.07) is -0.666. The van der Waals surface area contributed by atoms with Crippen LogP contribution in [0.3, 0.4) is 0 Å². The summed E-state index contributed by atoms with van der Waals surface area (Å²) in [5.74, 6) is -0.827. The van der Waals surface area contributed by atoms with E-state index in [0.29, 0.717) is 0 Å². The molecule has 2 N–H and O–H groups in total. The summed E-state index contributed by atoms with van der Waals surface area (Å²) in [5, 5.41) is 11.3. The standard InChI is InChI=1S/C9H17NO4/c1-4-14-9(13)7(3)10-8(12)5-6(2)11/h6-7,11H,4-5H2,1-3H3,(H,10,12)/t6-,7-/m0/s1. The molecule has 0 fully saturated rings. The molecule has 0 saturated heterocycles. The van der Waals surface area contributed by atoms with Crippen LogP contribution in [0, 0.1) is 0 Å². The quantitative estimate of drug-likeness (QED) is 0.608. The van der Waals surface area contributed by atoms with Gasteiger partial charge in [0.1, 0.15) is 6.04 Å². The van der Waals surface area contributed by atoms with Crippen molar-refractivity contribution in [2.45, 2.75) is 39.3 Å². The third-order valence-corrected chi connectivity index (χ3v) is 1.50. The van der Waals surface area contributed by atoms with Gasteiger partial charge in [-0.15, -0.1) is 0 Å². The van der Waals surface area contributed by atoms with E-state index < -0.39 is 18.1 Å². The van der Waals surface area contributed by atoms with Gasteiger partial charge in [0.15, 0.2) is 0 Å². The molecule has 0 saturated carbocycles. The molecular formula is C9H17NO4. The summed E-state index contributed by atoms with van der Waals surface area (Å²) in [6.45, 7) is 5.03. The van der Waals surface area contributed by atoms with Crippen LogP contribution in [0.25, 0.3) is 0 Å². The van der Waals surface area contributed by atoms with Crippen molar-refractivity contribution in [3.05, 3.63) is 0 Å². The summed E-state index contributed by atoms with van der Waals surface area (Å²) in [7, 11) is 0. The number of aliphatic hydroxyl groups excluding tert-OH is 1. The van der Waals surface area contributed by atoms with E-state index in [9.17, 15) is 9.59 Å². The summed E-state index contributed by atoms with van der Waals surface area (Å²) in [6.07, 6.45) is -0.714. The Hall–Kier alpha value is -1.10. The van der Waals surface area contributed by atoms with Gasteiger partial charge in [-0.05, 0) is 20.8 Å². The molecule has 0 aromatic heterocycles. The normalized spacial score (nSPS) is 14.3. The Labute approximate surface area is 83.4 Å². The highest BCUT2D eigenvalue weighted by Gasteiger charge is 2.16. The minimum Gasteiger partial charge on any atom is -0.464 e. The maximum atomic E-state index is 11.1. The second-order valence-corrected chi connectivity index (χ2v) is 3.09. The first kappa shape index (κ1) is 12.9. The maximum absolute atomic E-state index is 11.1. The molecule has 0 aromatic carbocycles. The van der Waals surface area contributed by atoms with Crippen LogP contribution in [0.1, 0.15) is 27.2 Å². The average molecular weight is 203 g/mol. The summed E-state index contributed by atoms with van der Waals surface area (Å²) in [4.78, 5) is 22.2. The third-order valence-electron chi connectivity index (χ3n) is 1.50. The van der Waals surface area contributed by atoms with Crippen LogP contribution in [0.5, 0.6) is 0 Å². The van der Waals surface area contributed by atoms with Crippen molar-refractivity contribution in [2.75, 3.05) is 6.61 Å². The van der Waals surface area contributed by atoms with Crippen molar-refractivity contribution in [1.82, 2.24) is 5.32 Å². The fourth-order valence-electron chi connectivity index (χ4n) is 0.895. The molecule has 82 valence electrons. The molecule has 0 aliphatic heterocycles. The van der Waals surface area contributed by atoms with Crippen LogP contribution < -0.4 is 5.32 Å². The van der Waals surface area contributed by atoms with Crippen molar-refractivity contribution >= 4 is 11.9 Å². The Bertz CT molecular complexity index is 203. The molecule has 1 amide bonds. The molecular weight excluding hydrogens is 186 g/mol. The average Bonchev–Trinajstić information content (AvgIpc) is 2.02. The van der Waals surface area contributed by atoms with Crippen molar-refractivity contribution < 1.29 is 19.4 Å². The molecule has 5 heteroatoms. The van der Waals surface area contributed by atoms with Crippen molar-refractivity contribution in [3.8, 4) is 0 Å². The number of carbonyl (C=O) groups excluding carboxylic acids is 2. The first-order valence-corrected chi connectivity index (χ1v) is 4.61. The van der Waals surface area contributed by atoms with Crippen LogP contribution in [0.4, 0.5) is 0 Å². The monoisotopic (exact) mass is 203 g/mol. The van der Waals surface area contributed by atoms with E-state index in [2.05, 4.69) is 5.32 Å². The van der Waals surface area contributed by atoms with E-state index in [1.165, 1.54) is 13.8 Å². The van der Waals surface area contributed by atoms with Crippen molar-refractivity contribution in [2.24, 2.45) is 0 Å². The minimum atomic E-state index is -0.704. The zero-order valence-electron chi connectivity index (χ0n) is 8.74. The third kappa shape index (κ3) is 5.53. The SMILES string of the molecule is CCOC(=O)[C@H](C)NC(=O)C[C@H](C)O. The van der Waals surface area contributed by atoms with Gasteiger partial charge < -0.3 is 15.2 Å². The fraction of sp³-hybridized carbons (Fsp3) is 0.778. The van der Waals surface area contributed by atoms with Gasteiger partial charge in [-0.1, -0.05) is 0 Å². The number of nitrogens with one attached hydrogen (secondary N) is 1. The Balaban J connectivity index is 3.87. The van der Waals surface area contributed by atoms with Crippen LogP contribution in [0.2, 0.25) is 0 Å². The molecule has 0 aromatic rings. The zero-order valence-corrected chi connectivity index (χ0v) is 8.74. The Morgan fingerprint density at radius 2 is 2.00 bits per heavy atom. The predicted molar refractivity (Wildman–Crippen MR) is 50.5 cm³/mol. The smallest absolute Gasteiger partial charge is 0.328 e. The van der Waals surface area contributed by atoms with Crippen LogP contribution in [-0.2, 0) is 14.3 Å². The second kappa shape index (κ2) is 6.37. The van der Waals surface area contributed by atoms with Gasteiger partial charge >= 0.3 is 5.97 Å². The molecule has 0 aliphatic carbocycles. The predicted octanol–water partition coefficient (Wildman–Crippen LogP) is -0.175. The molecule has 0 aliphatic rings. The lowest BCUT2D eigenvalue weighted by Crippen LogP contribution is -2.40. The summed E-state index contributed by atoms with van der Waals surface area (Å²) >= 11 is 0. The molecule has 0 heterocycles. The number of amides is 1. The second-order valence-electron chi connectivity index (χ2n) is 3.09. The van der Waals surface area contributed by atoms with Gasteiger partial charge in [0.2, 0.25) is 5.91 Å². The summed E-state index contributed by atoms with van der Waals surface area (Å²) in [5.41, 5.74) is 0. The number of esters is 1.